The Morgan fingerprint density at radius 3 is 2.62 bits per heavy atom. The molecule has 1 aromatic carbocycles. The van der Waals surface area contributed by atoms with Crippen LogP contribution in [0.4, 0.5) is 0 Å². The van der Waals surface area contributed by atoms with Crippen LogP contribution in [0.15, 0.2) is 35.7 Å². The van der Waals surface area contributed by atoms with Gasteiger partial charge >= 0.3 is 0 Å². The summed E-state index contributed by atoms with van der Waals surface area (Å²) in [5.41, 5.74) is 2.56. The highest BCUT2D eigenvalue weighted by molar-refractivity contribution is 7.89. The molecule has 158 valence electrons. The molecule has 3 rings (SSSR count). The third-order valence-electron chi connectivity index (χ3n) is 5.41. The van der Waals surface area contributed by atoms with Crippen LogP contribution in [-0.2, 0) is 21.4 Å². The Morgan fingerprint density at radius 1 is 1.24 bits per heavy atom. The third kappa shape index (κ3) is 5.05. The quantitative estimate of drug-likeness (QED) is 0.700. The summed E-state index contributed by atoms with van der Waals surface area (Å²) in [4.78, 5) is 17.0. The highest BCUT2D eigenvalue weighted by atomic mass is 32.2. The number of benzene rings is 1. The molecular weight excluding hydrogens is 388 g/mol. The van der Waals surface area contributed by atoms with E-state index in [0.29, 0.717) is 30.8 Å². The lowest BCUT2D eigenvalue weighted by atomic mass is 9.99. The van der Waals surface area contributed by atoms with Crippen molar-refractivity contribution in [2.75, 3.05) is 19.6 Å². The maximum atomic E-state index is 13.3. The van der Waals surface area contributed by atoms with E-state index in [1.54, 1.807) is 12.5 Å². The number of amides is 1. The van der Waals surface area contributed by atoms with Crippen LogP contribution in [0.5, 0.6) is 0 Å². The fraction of sp³-hybridized carbons (Fsp3) is 0.524. The molecule has 1 aromatic heterocycles. The Balaban J connectivity index is 1.61. The number of sulfonamides is 1. The van der Waals surface area contributed by atoms with Gasteiger partial charge in [-0.1, -0.05) is 17.7 Å². The minimum Gasteiger partial charge on any atom is -0.356 e. The van der Waals surface area contributed by atoms with E-state index in [1.807, 2.05) is 43.7 Å². The Labute approximate surface area is 173 Å². The van der Waals surface area contributed by atoms with Gasteiger partial charge in [-0.05, 0) is 51.2 Å². The molecule has 0 saturated carbocycles. The molecule has 1 saturated heterocycles. The summed E-state index contributed by atoms with van der Waals surface area (Å²) < 4.78 is 30.0. The number of nitrogens with zero attached hydrogens (tertiary/aromatic N) is 3. The molecule has 0 spiro atoms. The third-order valence-corrected chi connectivity index (χ3v) is 7.58. The van der Waals surface area contributed by atoms with Crippen molar-refractivity contribution >= 4 is 15.9 Å². The van der Waals surface area contributed by atoms with Gasteiger partial charge in [0.05, 0.1) is 17.1 Å². The summed E-state index contributed by atoms with van der Waals surface area (Å²) in [6, 6.07) is 3.79. The Hall–Kier alpha value is -2.19. The van der Waals surface area contributed by atoms with Crippen LogP contribution in [0, 0.1) is 26.7 Å². The van der Waals surface area contributed by atoms with Crippen LogP contribution < -0.4 is 5.32 Å². The van der Waals surface area contributed by atoms with Crippen LogP contribution in [0.2, 0.25) is 0 Å². The molecule has 2 heterocycles. The first-order valence-electron chi connectivity index (χ1n) is 10.1. The average molecular weight is 419 g/mol. The van der Waals surface area contributed by atoms with E-state index in [1.165, 1.54) is 4.31 Å². The first-order chi connectivity index (χ1) is 13.8. The van der Waals surface area contributed by atoms with Gasteiger partial charge in [0.1, 0.15) is 0 Å². The van der Waals surface area contributed by atoms with Crippen molar-refractivity contribution in [1.82, 2.24) is 19.2 Å². The maximum Gasteiger partial charge on any atom is 0.243 e. The van der Waals surface area contributed by atoms with Crippen molar-refractivity contribution in [3.63, 3.8) is 0 Å². The molecule has 0 aliphatic carbocycles. The Morgan fingerprint density at radius 2 is 1.97 bits per heavy atom. The lowest BCUT2D eigenvalue weighted by Crippen LogP contribution is -2.45. The van der Waals surface area contributed by atoms with Crippen LogP contribution in [-0.4, -0.2) is 47.8 Å². The average Bonchev–Trinajstić information content (AvgIpc) is 3.17. The van der Waals surface area contributed by atoms with Gasteiger partial charge in [-0.25, -0.2) is 13.4 Å². The second kappa shape index (κ2) is 9.09. The van der Waals surface area contributed by atoms with Gasteiger partial charge < -0.3 is 9.88 Å². The van der Waals surface area contributed by atoms with Crippen LogP contribution in [0.25, 0.3) is 0 Å². The predicted octanol–water partition coefficient (Wildman–Crippen LogP) is 2.42. The SMILES string of the molecule is Cc1cc(C)c(S(=O)(=O)N2CCC[C@@H](C(=O)NCCCn3ccnc3)C2)c(C)c1. The van der Waals surface area contributed by atoms with Crippen LogP contribution in [0.3, 0.4) is 0 Å². The molecule has 1 aliphatic heterocycles. The van der Waals surface area contributed by atoms with Gasteiger partial charge in [-0.3, -0.25) is 4.79 Å². The molecule has 0 radical (unpaired) electrons. The lowest BCUT2D eigenvalue weighted by Gasteiger charge is -2.32. The molecule has 1 aliphatic rings. The number of aryl methyl sites for hydroxylation is 4. The van der Waals surface area contributed by atoms with Crippen molar-refractivity contribution in [3.05, 3.63) is 47.5 Å². The summed E-state index contributed by atoms with van der Waals surface area (Å²) in [7, 11) is -3.62. The van der Waals surface area contributed by atoms with E-state index < -0.39 is 10.0 Å². The van der Waals surface area contributed by atoms with Gasteiger partial charge in [0.2, 0.25) is 15.9 Å². The van der Waals surface area contributed by atoms with Crippen LogP contribution >= 0.6 is 0 Å². The minimum absolute atomic E-state index is 0.0621. The van der Waals surface area contributed by atoms with Gasteiger partial charge in [0.15, 0.2) is 0 Å². The van der Waals surface area contributed by atoms with E-state index in [2.05, 4.69) is 10.3 Å². The molecule has 0 bridgehead atoms. The zero-order valence-corrected chi connectivity index (χ0v) is 18.2. The summed E-state index contributed by atoms with van der Waals surface area (Å²) in [5, 5.41) is 2.96. The van der Waals surface area contributed by atoms with Crippen molar-refractivity contribution < 1.29 is 13.2 Å². The van der Waals surface area contributed by atoms with E-state index in [4.69, 9.17) is 0 Å². The number of hydrogen-bond donors (Lipinski definition) is 1. The molecule has 1 fully saturated rings. The van der Waals surface area contributed by atoms with Crippen molar-refractivity contribution in [2.24, 2.45) is 5.92 Å². The monoisotopic (exact) mass is 418 g/mol. The minimum atomic E-state index is -3.62. The summed E-state index contributed by atoms with van der Waals surface area (Å²) in [6.07, 6.45) is 7.58. The van der Waals surface area contributed by atoms with Gasteiger partial charge in [0.25, 0.3) is 0 Å². The number of aromatic nitrogens is 2. The smallest absolute Gasteiger partial charge is 0.243 e. The first kappa shape index (κ1) is 21.5. The standard InChI is InChI=1S/C21H30N4O3S/c1-16-12-17(2)20(18(3)13-16)29(27,28)25-10-4-6-19(14-25)21(26)23-7-5-9-24-11-8-22-15-24/h8,11-13,15,19H,4-7,9-10,14H2,1-3H3,(H,23,26)/t19-/m1/s1. The number of hydrogen-bond acceptors (Lipinski definition) is 4. The lowest BCUT2D eigenvalue weighted by molar-refractivity contribution is -0.126. The van der Waals surface area contributed by atoms with Gasteiger partial charge in [-0.15, -0.1) is 0 Å². The number of piperidine rings is 1. The zero-order valence-electron chi connectivity index (χ0n) is 17.4. The number of nitrogens with one attached hydrogen (secondary N) is 1. The molecule has 7 nitrogen and oxygen atoms in total. The fourth-order valence-electron chi connectivity index (χ4n) is 4.11. The number of carbonyl (C=O) groups excluding carboxylic acids is 1. The van der Waals surface area contributed by atoms with Gasteiger partial charge in [-0.2, -0.15) is 4.31 Å². The van der Waals surface area contributed by atoms with E-state index in [0.717, 1.165) is 29.7 Å². The van der Waals surface area contributed by atoms with Crippen molar-refractivity contribution in [1.29, 1.82) is 0 Å². The molecule has 8 heteroatoms. The van der Waals surface area contributed by atoms with E-state index in [9.17, 15) is 13.2 Å². The zero-order chi connectivity index (χ0) is 21.0. The van der Waals surface area contributed by atoms with Gasteiger partial charge in [0, 0.05) is 38.6 Å². The summed E-state index contributed by atoms with van der Waals surface area (Å²) in [6.45, 7) is 7.68. The van der Waals surface area contributed by atoms with E-state index >= 15 is 0 Å². The Kier molecular flexibility index (Phi) is 6.74. The Bertz CT molecular complexity index is 931. The second-order valence-corrected chi connectivity index (χ2v) is 9.75. The highest BCUT2D eigenvalue weighted by Crippen LogP contribution is 2.28. The number of rotatable bonds is 7. The normalized spacial score (nSPS) is 18.0. The molecule has 29 heavy (non-hydrogen) atoms. The molecule has 1 amide bonds. The molecule has 2 aromatic rings. The largest absolute Gasteiger partial charge is 0.356 e. The molecular formula is C21H30N4O3S. The maximum absolute atomic E-state index is 13.3. The molecule has 0 unspecified atom stereocenters. The van der Waals surface area contributed by atoms with Crippen molar-refractivity contribution in [2.45, 2.75) is 51.5 Å². The number of imidazole rings is 1. The fourth-order valence-corrected chi connectivity index (χ4v) is 6.05. The molecule has 1 atom stereocenters. The first-order valence-corrected chi connectivity index (χ1v) is 11.5. The van der Waals surface area contributed by atoms with Crippen LogP contribution in [0.1, 0.15) is 36.0 Å². The number of carbonyl (C=O) groups is 1. The van der Waals surface area contributed by atoms with Crippen molar-refractivity contribution in [3.8, 4) is 0 Å². The second-order valence-electron chi connectivity index (χ2n) is 7.88. The summed E-state index contributed by atoms with van der Waals surface area (Å²) >= 11 is 0. The predicted molar refractivity (Wildman–Crippen MR) is 112 cm³/mol. The molecule has 1 N–H and O–H groups in total. The van der Waals surface area contributed by atoms with E-state index in [-0.39, 0.29) is 18.4 Å². The highest BCUT2D eigenvalue weighted by Gasteiger charge is 2.34. The topological polar surface area (TPSA) is 84.3 Å². The summed E-state index contributed by atoms with van der Waals surface area (Å²) in [5.74, 6) is -0.370.